The van der Waals surface area contributed by atoms with E-state index in [1.807, 2.05) is 13.1 Å². The van der Waals surface area contributed by atoms with E-state index in [2.05, 4.69) is 25.7 Å². The zero-order chi connectivity index (χ0) is 15.1. The van der Waals surface area contributed by atoms with Crippen molar-refractivity contribution in [3.8, 4) is 0 Å². The number of nitrogens with zero attached hydrogens (tertiary/aromatic N) is 5. The van der Waals surface area contributed by atoms with Crippen LogP contribution in [0.15, 0.2) is 29.3 Å². The zero-order valence-electron chi connectivity index (χ0n) is 12.9. The number of imidazole rings is 1. The summed E-state index contributed by atoms with van der Waals surface area (Å²) in [5, 5.41) is 4.31. The number of aryl methyl sites for hydroxylation is 1. The summed E-state index contributed by atoms with van der Waals surface area (Å²) in [6.07, 6.45) is 6.57. The molecule has 22 heavy (non-hydrogen) atoms. The molecular weight excluding hydrogens is 278 g/mol. The summed E-state index contributed by atoms with van der Waals surface area (Å²) < 4.78 is 3.92. The monoisotopic (exact) mass is 299 g/mol. The van der Waals surface area contributed by atoms with Crippen LogP contribution in [0.1, 0.15) is 30.4 Å². The molecule has 0 amide bonds. The average molecular weight is 299 g/mol. The van der Waals surface area contributed by atoms with Gasteiger partial charge in [0.2, 0.25) is 0 Å². The van der Waals surface area contributed by atoms with Crippen molar-refractivity contribution in [3.05, 3.63) is 46.4 Å². The Kier molecular flexibility index (Phi) is 3.33. The molecule has 1 aliphatic carbocycles. The lowest BCUT2D eigenvalue weighted by atomic mass is 10.0. The molecule has 4 rings (SSSR count). The van der Waals surface area contributed by atoms with Crippen LogP contribution in [0.25, 0.3) is 0 Å². The molecule has 0 radical (unpaired) electrons. The molecule has 2 aromatic rings. The van der Waals surface area contributed by atoms with Gasteiger partial charge in [0.1, 0.15) is 5.82 Å². The van der Waals surface area contributed by atoms with Crippen LogP contribution in [0.5, 0.6) is 0 Å². The van der Waals surface area contributed by atoms with Gasteiger partial charge >= 0.3 is 0 Å². The molecule has 1 saturated carbocycles. The lowest BCUT2D eigenvalue weighted by Crippen LogP contribution is -2.49. The highest BCUT2D eigenvalue weighted by Crippen LogP contribution is 2.36. The summed E-state index contributed by atoms with van der Waals surface area (Å²) in [6, 6.07) is 4.05. The number of likely N-dealkylation sites (tertiary alicyclic amines) is 1. The fraction of sp³-hybridized carbons (Fsp3) is 0.562. The summed E-state index contributed by atoms with van der Waals surface area (Å²) in [5.41, 5.74) is 0.885. The van der Waals surface area contributed by atoms with Gasteiger partial charge in [0.05, 0.1) is 18.8 Å². The third-order valence-electron chi connectivity index (χ3n) is 4.52. The quantitative estimate of drug-likeness (QED) is 0.833. The Labute approximate surface area is 129 Å². The van der Waals surface area contributed by atoms with Crippen LogP contribution in [0, 0.1) is 12.8 Å². The minimum Gasteiger partial charge on any atom is -0.331 e. The van der Waals surface area contributed by atoms with E-state index in [1.54, 1.807) is 16.8 Å². The fourth-order valence-electron chi connectivity index (χ4n) is 3.20. The molecule has 6 nitrogen and oxygen atoms in total. The minimum absolute atomic E-state index is 0.00618. The van der Waals surface area contributed by atoms with Crippen molar-refractivity contribution in [1.82, 2.24) is 24.2 Å². The maximum absolute atomic E-state index is 11.8. The maximum atomic E-state index is 11.8. The van der Waals surface area contributed by atoms with Crippen LogP contribution in [-0.2, 0) is 13.1 Å². The Morgan fingerprint density at radius 1 is 1.27 bits per heavy atom. The van der Waals surface area contributed by atoms with Gasteiger partial charge in [-0.05, 0) is 25.8 Å². The first-order chi connectivity index (χ1) is 10.7. The number of hydrogen-bond donors (Lipinski definition) is 0. The Bertz CT molecular complexity index is 724. The first-order valence-electron chi connectivity index (χ1n) is 7.98. The highest BCUT2D eigenvalue weighted by atomic mass is 16.1. The van der Waals surface area contributed by atoms with Crippen LogP contribution < -0.4 is 5.56 Å². The van der Waals surface area contributed by atoms with Crippen LogP contribution >= 0.6 is 0 Å². The van der Waals surface area contributed by atoms with Crippen molar-refractivity contribution in [2.75, 3.05) is 13.1 Å². The molecule has 1 saturated heterocycles. The molecule has 6 heteroatoms. The highest BCUT2D eigenvalue weighted by molar-refractivity contribution is 5.01. The Balaban J connectivity index is 1.33. The van der Waals surface area contributed by atoms with Crippen molar-refractivity contribution < 1.29 is 0 Å². The third-order valence-corrected chi connectivity index (χ3v) is 4.52. The SMILES string of the molecule is Cc1ccc(=O)n(CC2CN(Cc3nccn3C3CC3)C2)n1. The summed E-state index contributed by atoms with van der Waals surface area (Å²) in [7, 11) is 0. The van der Waals surface area contributed by atoms with E-state index in [0.717, 1.165) is 25.3 Å². The summed E-state index contributed by atoms with van der Waals surface area (Å²) in [6.45, 7) is 5.57. The lowest BCUT2D eigenvalue weighted by molar-refractivity contribution is 0.0728. The van der Waals surface area contributed by atoms with Crippen molar-refractivity contribution in [2.24, 2.45) is 5.92 Å². The molecule has 0 bridgehead atoms. The van der Waals surface area contributed by atoms with E-state index in [0.29, 0.717) is 18.5 Å². The van der Waals surface area contributed by atoms with Crippen molar-refractivity contribution in [1.29, 1.82) is 0 Å². The van der Waals surface area contributed by atoms with E-state index < -0.39 is 0 Å². The molecule has 2 aliphatic rings. The highest BCUT2D eigenvalue weighted by Gasteiger charge is 2.30. The molecule has 0 unspecified atom stereocenters. The minimum atomic E-state index is -0.00618. The maximum Gasteiger partial charge on any atom is 0.266 e. The molecule has 2 fully saturated rings. The predicted molar refractivity (Wildman–Crippen MR) is 82.5 cm³/mol. The molecule has 3 heterocycles. The van der Waals surface area contributed by atoms with Gasteiger partial charge in [-0.2, -0.15) is 5.10 Å². The van der Waals surface area contributed by atoms with Gasteiger partial charge in [0.15, 0.2) is 0 Å². The van der Waals surface area contributed by atoms with Gasteiger partial charge in [-0.1, -0.05) is 0 Å². The second kappa shape index (κ2) is 5.35. The lowest BCUT2D eigenvalue weighted by Gasteiger charge is -2.39. The van der Waals surface area contributed by atoms with Crippen molar-refractivity contribution in [3.63, 3.8) is 0 Å². The number of aromatic nitrogens is 4. The third kappa shape index (κ3) is 2.70. The van der Waals surface area contributed by atoms with E-state index in [-0.39, 0.29) is 5.56 Å². The standard InChI is InChI=1S/C16H21N5O/c1-12-2-5-16(22)21(18-12)10-13-8-19(9-13)11-15-17-6-7-20(15)14-3-4-14/h2,5-7,13-14H,3-4,8-11H2,1H3. The van der Waals surface area contributed by atoms with Gasteiger partial charge in [-0.3, -0.25) is 9.69 Å². The number of rotatable bonds is 5. The van der Waals surface area contributed by atoms with Gasteiger partial charge < -0.3 is 4.57 Å². The first kappa shape index (κ1) is 13.7. The van der Waals surface area contributed by atoms with E-state index in [1.165, 1.54) is 18.7 Å². The summed E-state index contributed by atoms with van der Waals surface area (Å²) in [4.78, 5) is 18.7. The predicted octanol–water partition coefficient (Wildman–Crippen LogP) is 1.22. The van der Waals surface area contributed by atoms with Gasteiger partial charge in [0.25, 0.3) is 5.56 Å². The molecule has 1 aliphatic heterocycles. The molecule has 0 N–H and O–H groups in total. The first-order valence-corrected chi connectivity index (χ1v) is 7.98. The smallest absolute Gasteiger partial charge is 0.266 e. The second-order valence-electron chi connectivity index (χ2n) is 6.54. The molecule has 116 valence electrons. The van der Waals surface area contributed by atoms with Crippen molar-refractivity contribution in [2.45, 2.75) is 38.9 Å². The fourth-order valence-corrected chi connectivity index (χ4v) is 3.20. The molecule has 0 aromatic carbocycles. The van der Waals surface area contributed by atoms with Crippen LogP contribution in [-0.4, -0.2) is 37.3 Å². The molecular formula is C16H21N5O. The van der Waals surface area contributed by atoms with Gasteiger partial charge in [-0.15, -0.1) is 0 Å². The number of hydrogen-bond acceptors (Lipinski definition) is 4. The Hall–Kier alpha value is -1.95. The normalized spacial score (nSPS) is 19.3. The Morgan fingerprint density at radius 3 is 2.86 bits per heavy atom. The van der Waals surface area contributed by atoms with Crippen LogP contribution in [0.4, 0.5) is 0 Å². The van der Waals surface area contributed by atoms with Crippen LogP contribution in [0.2, 0.25) is 0 Å². The average Bonchev–Trinajstić information content (AvgIpc) is 3.20. The van der Waals surface area contributed by atoms with Crippen LogP contribution in [0.3, 0.4) is 0 Å². The Morgan fingerprint density at radius 2 is 2.09 bits per heavy atom. The molecule has 0 atom stereocenters. The topological polar surface area (TPSA) is 56.0 Å². The summed E-state index contributed by atoms with van der Waals surface area (Å²) >= 11 is 0. The van der Waals surface area contributed by atoms with E-state index >= 15 is 0 Å². The second-order valence-corrected chi connectivity index (χ2v) is 6.54. The zero-order valence-corrected chi connectivity index (χ0v) is 12.9. The van der Waals surface area contributed by atoms with Gasteiger partial charge in [-0.25, -0.2) is 9.67 Å². The van der Waals surface area contributed by atoms with Crippen molar-refractivity contribution >= 4 is 0 Å². The van der Waals surface area contributed by atoms with E-state index in [9.17, 15) is 4.79 Å². The largest absolute Gasteiger partial charge is 0.331 e. The van der Waals surface area contributed by atoms with Gasteiger partial charge in [0, 0.05) is 43.5 Å². The molecule has 2 aromatic heterocycles. The van der Waals surface area contributed by atoms with E-state index in [4.69, 9.17) is 0 Å². The summed E-state index contributed by atoms with van der Waals surface area (Å²) in [5.74, 6) is 1.68. The molecule has 0 spiro atoms.